The molecule has 2 aromatic rings. The number of amides is 4. The number of hydrogen-bond acceptors (Lipinski definition) is 6. The van der Waals surface area contributed by atoms with Gasteiger partial charge in [0, 0.05) is 6.42 Å². The van der Waals surface area contributed by atoms with Crippen molar-refractivity contribution in [2.45, 2.75) is 45.2 Å². The molecule has 3 rings (SSSR count). The summed E-state index contributed by atoms with van der Waals surface area (Å²) in [6.45, 7) is 3.38. The van der Waals surface area contributed by atoms with Gasteiger partial charge in [-0.05, 0) is 35.4 Å². The number of carbonyl (C=O) groups is 3. The Morgan fingerprint density at radius 2 is 1.76 bits per heavy atom. The molecule has 9 nitrogen and oxygen atoms in total. The third kappa shape index (κ3) is 5.56. The van der Waals surface area contributed by atoms with Gasteiger partial charge in [-0.1, -0.05) is 73.6 Å². The predicted molar refractivity (Wildman–Crippen MR) is 121 cm³/mol. The number of oxime groups is 1. The summed E-state index contributed by atoms with van der Waals surface area (Å²) in [4.78, 5) is 38.0. The normalized spacial score (nSPS) is 17.3. The molecule has 0 saturated carbocycles. The van der Waals surface area contributed by atoms with E-state index in [2.05, 4.69) is 10.5 Å². The number of nitrogens with one attached hydrogen (secondary N) is 2. The predicted octanol–water partition coefficient (Wildman–Crippen LogP) is 2.49. The van der Waals surface area contributed by atoms with E-state index in [-0.39, 0.29) is 5.92 Å². The lowest BCUT2D eigenvalue weighted by atomic mass is 9.98. The summed E-state index contributed by atoms with van der Waals surface area (Å²) >= 11 is 0. The summed E-state index contributed by atoms with van der Waals surface area (Å²) in [5.74, 6) is -1.66. The molecule has 2 atom stereocenters. The first-order valence-corrected chi connectivity index (χ1v) is 10.8. The number of rotatable bonds is 9. The Kier molecular flexibility index (Phi) is 7.78. The van der Waals surface area contributed by atoms with E-state index < -0.39 is 29.9 Å². The van der Waals surface area contributed by atoms with Gasteiger partial charge in [-0.2, -0.15) is 0 Å². The number of carbonyl (C=O) groups excluding carboxylic acids is 3. The second-order valence-corrected chi connectivity index (χ2v) is 8.32. The van der Waals surface area contributed by atoms with E-state index in [1.54, 1.807) is 13.8 Å². The Morgan fingerprint density at radius 3 is 2.33 bits per heavy atom. The maximum atomic E-state index is 12.8. The summed E-state index contributed by atoms with van der Waals surface area (Å²) in [5.41, 5.74) is 4.84. The number of nitrogens with zero attached hydrogens (tertiary/aromatic N) is 2. The fourth-order valence-corrected chi connectivity index (χ4v) is 3.95. The fraction of sp³-hybridized carbons (Fsp3) is 0.333. The van der Waals surface area contributed by atoms with Crippen molar-refractivity contribution in [3.63, 3.8) is 0 Å². The van der Waals surface area contributed by atoms with Gasteiger partial charge in [0.25, 0.3) is 11.8 Å². The number of urea groups is 1. The quantitative estimate of drug-likeness (QED) is 0.153. The number of aryl methyl sites for hydroxylation is 1. The van der Waals surface area contributed by atoms with Crippen molar-refractivity contribution in [1.82, 2.24) is 15.7 Å². The van der Waals surface area contributed by atoms with Crippen LogP contribution in [-0.4, -0.2) is 51.0 Å². The number of hydrogen-bond donors (Lipinski definition) is 4. The Labute approximate surface area is 192 Å². The lowest BCUT2D eigenvalue weighted by Gasteiger charge is -2.26. The van der Waals surface area contributed by atoms with E-state index in [1.807, 2.05) is 54.6 Å². The van der Waals surface area contributed by atoms with Crippen molar-refractivity contribution in [1.29, 1.82) is 0 Å². The summed E-state index contributed by atoms with van der Waals surface area (Å²) in [7, 11) is 0. The first-order valence-electron chi connectivity index (χ1n) is 10.8. The van der Waals surface area contributed by atoms with Crippen molar-refractivity contribution in [3.8, 4) is 0 Å². The van der Waals surface area contributed by atoms with Gasteiger partial charge < -0.3 is 10.5 Å². The van der Waals surface area contributed by atoms with E-state index in [9.17, 15) is 19.6 Å². The number of imide groups is 1. The van der Waals surface area contributed by atoms with E-state index in [1.165, 1.54) is 5.48 Å². The fourth-order valence-electron chi connectivity index (χ4n) is 3.95. The molecule has 0 aliphatic carbocycles. The van der Waals surface area contributed by atoms with Gasteiger partial charge in [0.1, 0.15) is 12.1 Å². The highest BCUT2D eigenvalue weighted by Gasteiger charge is 2.45. The molecule has 1 aliphatic heterocycles. The summed E-state index contributed by atoms with van der Waals surface area (Å²) < 4.78 is 0. The Morgan fingerprint density at radius 1 is 1.09 bits per heavy atom. The number of benzene rings is 2. The van der Waals surface area contributed by atoms with Gasteiger partial charge in [0.2, 0.25) is 0 Å². The molecule has 1 saturated heterocycles. The second-order valence-electron chi connectivity index (χ2n) is 8.32. The zero-order chi connectivity index (χ0) is 24.0. The minimum Gasteiger partial charge on any atom is -0.411 e. The molecule has 0 spiro atoms. The van der Waals surface area contributed by atoms with Crippen molar-refractivity contribution in [2.75, 3.05) is 0 Å². The maximum Gasteiger partial charge on any atom is 0.325 e. The summed E-state index contributed by atoms with van der Waals surface area (Å²) in [6.07, 6.45) is 1.37. The second kappa shape index (κ2) is 10.7. The van der Waals surface area contributed by atoms with Gasteiger partial charge in [-0.25, -0.2) is 15.2 Å². The van der Waals surface area contributed by atoms with Crippen molar-refractivity contribution < 1.29 is 24.8 Å². The first-order chi connectivity index (χ1) is 15.8. The highest BCUT2D eigenvalue weighted by atomic mass is 16.5. The lowest BCUT2D eigenvalue weighted by molar-refractivity contribution is -0.142. The molecule has 0 bridgehead atoms. The molecule has 4 amide bonds. The van der Waals surface area contributed by atoms with Crippen molar-refractivity contribution >= 4 is 23.6 Å². The SMILES string of the molecule is CC(C)[C@H](C(=O)NO)N1C(=O)N[C@@H](CCc2ccc(C(Cc3ccccc3)=NO)cc2)C1=O. The van der Waals surface area contributed by atoms with Gasteiger partial charge >= 0.3 is 6.03 Å². The maximum absolute atomic E-state index is 12.8. The van der Waals surface area contributed by atoms with Crippen LogP contribution in [0.3, 0.4) is 0 Å². The third-order valence-electron chi connectivity index (χ3n) is 5.68. The van der Waals surface area contributed by atoms with Crippen LogP contribution in [0.15, 0.2) is 59.8 Å². The van der Waals surface area contributed by atoms with Crippen LogP contribution in [0.25, 0.3) is 0 Å². The zero-order valence-corrected chi connectivity index (χ0v) is 18.6. The van der Waals surface area contributed by atoms with Gasteiger partial charge in [-0.3, -0.25) is 14.8 Å². The molecular formula is C24H28N4O5. The zero-order valence-electron chi connectivity index (χ0n) is 18.6. The van der Waals surface area contributed by atoms with Crippen molar-refractivity contribution in [3.05, 3.63) is 71.3 Å². The van der Waals surface area contributed by atoms with Crippen LogP contribution < -0.4 is 10.8 Å². The van der Waals surface area contributed by atoms with Crippen LogP contribution in [0.2, 0.25) is 0 Å². The van der Waals surface area contributed by atoms with E-state index in [0.717, 1.165) is 21.6 Å². The highest BCUT2D eigenvalue weighted by molar-refractivity contribution is 6.07. The van der Waals surface area contributed by atoms with Crippen LogP contribution in [0.1, 0.15) is 37.0 Å². The van der Waals surface area contributed by atoms with Crippen LogP contribution >= 0.6 is 0 Å². The molecule has 33 heavy (non-hydrogen) atoms. The smallest absolute Gasteiger partial charge is 0.325 e. The van der Waals surface area contributed by atoms with Crippen LogP contribution in [-0.2, 0) is 22.4 Å². The standard InChI is InChI=1S/C24H28N4O5/c1-15(2)21(22(29)27-33)28-23(30)19(25-24(28)31)13-10-16-8-11-18(12-9-16)20(26-32)14-17-6-4-3-5-7-17/h3-9,11-12,15,19,21,32-33H,10,13-14H2,1-2H3,(H,25,31)(H,27,29)/t19-,21+/m0/s1. The van der Waals surface area contributed by atoms with Crippen molar-refractivity contribution in [2.24, 2.45) is 11.1 Å². The van der Waals surface area contributed by atoms with E-state index in [0.29, 0.717) is 25.0 Å². The molecule has 9 heteroatoms. The van der Waals surface area contributed by atoms with Crippen LogP contribution in [0, 0.1) is 5.92 Å². The average molecular weight is 453 g/mol. The van der Waals surface area contributed by atoms with Gasteiger partial charge in [-0.15, -0.1) is 0 Å². The molecule has 0 unspecified atom stereocenters. The van der Waals surface area contributed by atoms with E-state index >= 15 is 0 Å². The largest absolute Gasteiger partial charge is 0.411 e. The molecular weight excluding hydrogens is 424 g/mol. The molecule has 1 aliphatic rings. The Balaban J connectivity index is 1.63. The summed E-state index contributed by atoms with van der Waals surface area (Å²) in [6, 6.07) is 14.7. The molecule has 174 valence electrons. The first kappa shape index (κ1) is 23.9. The van der Waals surface area contributed by atoms with Gasteiger partial charge in [0.15, 0.2) is 0 Å². The molecule has 0 aromatic heterocycles. The average Bonchev–Trinajstić information content (AvgIpc) is 3.10. The molecule has 1 heterocycles. The van der Waals surface area contributed by atoms with Crippen LogP contribution in [0.4, 0.5) is 4.79 Å². The monoisotopic (exact) mass is 452 g/mol. The van der Waals surface area contributed by atoms with Gasteiger partial charge in [0.05, 0.1) is 5.71 Å². The lowest BCUT2D eigenvalue weighted by Crippen LogP contribution is -2.52. The number of hydroxylamine groups is 1. The van der Waals surface area contributed by atoms with Crippen LogP contribution in [0.5, 0.6) is 0 Å². The van der Waals surface area contributed by atoms with E-state index in [4.69, 9.17) is 5.21 Å². The molecule has 0 radical (unpaired) electrons. The third-order valence-corrected chi connectivity index (χ3v) is 5.68. The molecule has 2 aromatic carbocycles. The Hall–Kier alpha value is -3.72. The highest BCUT2D eigenvalue weighted by Crippen LogP contribution is 2.20. The minimum atomic E-state index is -1.09. The molecule has 4 N–H and O–H groups in total. The topological polar surface area (TPSA) is 131 Å². The minimum absolute atomic E-state index is 0.358. The Bertz CT molecular complexity index is 1020. The molecule has 1 fully saturated rings. The summed E-state index contributed by atoms with van der Waals surface area (Å²) in [5, 5.41) is 24.5.